The molecule has 27 heavy (non-hydrogen) atoms. The molecule has 1 aromatic heterocycles. The van der Waals surface area contributed by atoms with Gasteiger partial charge in [-0.2, -0.15) is 13.2 Å². The van der Waals surface area contributed by atoms with Gasteiger partial charge < -0.3 is 14.4 Å². The van der Waals surface area contributed by atoms with Gasteiger partial charge in [0.1, 0.15) is 17.7 Å². The van der Waals surface area contributed by atoms with Crippen LogP contribution in [0.4, 0.5) is 23.4 Å². The molecular weight excluding hydrogens is 366 g/mol. The van der Waals surface area contributed by atoms with Crippen molar-refractivity contribution in [3.05, 3.63) is 59.7 Å². The molecule has 0 radical (unpaired) electrons. The van der Waals surface area contributed by atoms with E-state index >= 15 is 0 Å². The Morgan fingerprint density at radius 3 is 2.48 bits per heavy atom. The topological polar surface area (TPSA) is 47.0 Å². The van der Waals surface area contributed by atoms with E-state index in [4.69, 9.17) is 9.47 Å². The summed E-state index contributed by atoms with van der Waals surface area (Å²) in [5.74, 6) is -0.446. The van der Waals surface area contributed by atoms with Crippen molar-refractivity contribution in [2.24, 2.45) is 4.99 Å². The number of methoxy groups -OCH3 is 2. The summed E-state index contributed by atoms with van der Waals surface area (Å²) < 4.78 is 65.2. The fraction of sp³-hybridized carbons (Fsp3) is 0.222. The molecule has 1 unspecified atom stereocenters. The first-order valence-corrected chi connectivity index (χ1v) is 7.78. The zero-order valence-corrected chi connectivity index (χ0v) is 14.4. The lowest BCUT2D eigenvalue weighted by molar-refractivity contribution is -0.137. The van der Waals surface area contributed by atoms with Crippen LogP contribution in [0.25, 0.3) is 0 Å². The Labute approximate surface area is 152 Å². The molecule has 1 aromatic carbocycles. The second kappa shape index (κ2) is 7.26. The molecule has 0 spiro atoms. The first-order chi connectivity index (χ1) is 12.9. The van der Waals surface area contributed by atoms with Gasteiger partial charge in [0, 0.05) is 6.20 Å². The Morgan fingerprint density at radius 1 is 1.07 bits per heavy atom. The highest BCUT2D eigenvalue weighted by Crippen LogP contribution is 2.42. The predicted octanol–water partition coefficient (Wildman–Crippen LogP) is 4.52. The van der Waals surface area contributed by atoms with Gasteiger partial charge in [0.2, 0.25) is 0 Å². The van der Waals surface area contributed by atoms with E-state index in [0.717, 1.165) is 23.5 Å². The van der Waals surface area contributed by atoms with Gasteiger partial charge in [-0.3, -0.25) is 0 Å². The zero-order valence-electron chi connectivity index (χ0n) is 14.4. The molecule has 2 heterocycles. The molecule has 5 nitrogen and oxygen atoms in total. The van der Waals surface area contributed by atoms with Crippen LogP contribution in [0, 0.1) is 0 Å². The smallest absolute Gasteiger partial charge is 0.419 e. The molecule has 0 saturated heterocycles. The number of anilines is 1. The van der Waals surface area contributed by atoms with Crippen molar-refractivity contribution < 1.29 is 27.0 Å². The van der Waals surface area contributed by atoms with Gasteiger partial charge in [-0.15, -0.1) is 0 Å². The number of hydrogen-bond donors (Lipinski definition) is 0. The van der Waals surface area contributed by atoms with E-state index in [2.05, 4.69) is 9.98 Å². The van der Waals surface area contributed by atoms with Crippen molar-refractivity contribution >= 4 is 12.2 Å². The lowest BCUT2D eigenvalue weighted by atomic mass is 10.0. The number of aliphatic imine (C=N–C) groups is 1. The van der Waals surface area contributed by atoms with Crippen LogP contribution in [-0.2, 0) is 6.18 Å². The molecule has 0 saturated carbocycles. The second-order valence-corrected chi connectivity index (χ2v) is 5.58. The van der Waals surface area contributed by atoms with Gasteiger partial charge in [0.05, 0.1) is 32.3 Å². The number of pyridine rings is 1. The van der Waals surface area contributed by atoms with Crippen LogP contribution in [0.1, 0.15) is 17.2 Å². The normalized spacial score (nSPS) is 16.9. The van der Waals surface area contributed by atoms with Gasteiger partial charge in [-0.1, -0.05) is 6.07 Å². The molecule has 3 rings (SSSR count). The number of benzene rings is 1. The number of hydrogen-bond acceptors (Lipinski definition) is 5. The van der Waals surface area contributed by atoms with Crippen LogP contribution < -0.4 is 14.4 Å². The highest BCUT2D eigenvalue weighted by molar-refractivity contribution is 5.82. The van der Waals surface area contributed by atoms with Gasteiger partial charge >= 0.3 is 6.18 Å². The lowest BCUT2D eigenvalue weighted by Gasteiger charge is -2.32. The Bertz CT molecular complexity index is 896. The Balaban J connectivity index is 2.12. The number of alkyl halides is 3. The zero-order chi connectivity index (χ0) is 19.6. The Kier molecular flexibility index (Phi) is 5.02. The van der Waals surface area contributed by atoms with Crippen molar-refractivity contribution in [2.45, 2.75) is 12.2 Å². The molecule has 2 aromatic rings. The van der Waals surface area contributed by atoms with E-state index in [1.165, 1.54) is 32.5 Å². The first-order valence-electron chi connectivity index (χ1n) is 7.78. The van der Waals surface area contributed by atoms with Crippen molar-refractivity contribution in [3.63, 3.8) is 0 Å². The molecule has 1 aliphatic heterocycles. The van der Waals surface area contributed by atoms with Crippen LogP contribution in [0.3, 0.4) is 0 Å². The minimum absolute atomic E-state index is 0.322. The van der Waals surface area contributed by atoms with Gasteiger partial charge in [-0.05, 0) is 29.8 Å². The molecule has 0 bridgehead atoms. The first kappa shape index (κ1) is 18.7. The maximum Gasteiger partial charge on any atom is 0.419 e. The monoisotopic (exact) mass is 381 g/mol. The number of rotatable bonds is 4. The molecule has 0 N–H and O–H groups in total. The molecular formula is C18H15F4N3O2. The Hall–Kier alpha value is -3.10. The summed E-state index contributed by atoms with van der Waals surface area (Å²) in [6, 6.07) is 5.47. The summed E-state index contributed by atoms with van der Waals surface area (Å²) in [5.41, 5.74) is -0.636. The highest BCUT2D eigenvalue weighted by Gasteiger charge is 2.38. The predicted molar refractivity (Wildman–Crippen MR) is 91.7 cm³/mol. The SMILES string of the molecule is COc1ccc(C2C(F)=CN=CN2c2ncccc2C(F)(F)F)cc1OC. The van der Waals surface area contributed by atoms with E-state index in [1.54, 1.807) is 12.1 Å². The average Bonchev–Trinajstić information content (AvgIpc) is 2.66. The van der Waals surface area contributed by atoms with Gasteiger partial charge in [-0.25, -0.2) is 14.4 Å². The molecule has 0 fully saturated rings. The van der Waals surface area contributed by atoms with Gasteiger partial charge in [0.25, 0.3) is 0 Å². The van der Waals surface area contributed by atoms with Crippen molar-refractivity contribution in [3.8, 4) is 11.5 Å². The fourth-order valence-corrected chi connectivity index (χ4v) is 2.79. The molecule has 0 aliphatic carbocycles. The van der Waals surface area contributed by atoms with Crippen molar-refractivity contribution in [1.82, 2.24) is 4.98 Å². The van der Waals surface area contributed by atoms with Crippen LogP contribution >= 0.6 is 0 Å². The summed E-state index contributed by atoms with van der Waals surface area (Å²) in [6.07, 6.45) is -1.38. The maximum atomic E-state index is 14.6. The van der Waals surface area contributed by atoms with E-state index in [1.807, 2.05) is 0 Å². The van der Waals surface area contributed by atoms with E-state index in [0.29, 0.717) is 17.1 Å². The number of aromatic nitrogens is 1. The van der Waals surface area contributed by atoms with E-state index < -0.39 is 29.4 Å². The molecule has 9 heteroatoms. The minimum Gasteiger partial charge on any atom is -0.493 e. The van der Waals surface area contributed by atoms with Gasteiger partial charge in [0.15, 0.2) is 11.5 Å². The molecule has 1 atom stereocenters. The number of halogens is 4. The highest BCUT2D eigenvalue weighted by atomic mass is 19.4. The summed E-state index contributed by atoms with van der Waals surface area (Å²) in [6.45, 7) is 0. The van der Waals surface area contributed by atoms with Crippen molar-refractivity contribution in [1.29, 1.82) is 0 Å². The van der Waals surface area contributed by atoms with E-state index in [-0.39, 0.29) is 0 Å². The third-order valence-electron chi connectivity index (χ3n) is 3.99. The van der Waals surface area contributed by atoms with Crippen molar-refractivity contribution in [2.75, 3.05) is 19.1 Å². The molecule has 1 aliphatic rings. The Morgan fingerprint density at radius 2 is 1.81 bits per heavy atom. The van der Waals surface area contributed by atoms with Crippen LogP contribution in [0.5, 0.6) is 11.5 Å². The minimum atomic E-state index is -4.66. The third kappa shape index (κ3) is 3.57. The quantitative estimate of drug-likeness (QED) is 0.731. The summed E-state index contributed by atoms with van der Waals surface area (Å²) >= 11 is 0. The second-order valence-electron chi connectivity index (χ2n) is 5.58. The number of nitrogens with zero attached hydrogens (tertiary/aromatic N) is 3. The summed E-state index contributed by atoms with van der Waals surface area (Å²) in [7, 11) is 2.86. The maximum absolute atomic E-state index is 14.6. The standard InChI is InChI=1S/C18H15F4N3O2/c1-26-14-6-5-11(8-15(14)27-2)16-13(19)9-23-10-25(16)17-12(18(20,21)22)4-3-7-24-17/h3-10,16H,1-2H3. The molecule has 142 valence electrons. The third-order valence-corrected chi connectivity index (χ3v) is 3.99. The lowest BCUT2D eigenvalue weighted by Crippen LogP contribution is -2.32. The van der Waals surface area contributed by atoms with Crippen LogP contribution in [-0.4, -0.2) is 25.5 Å². The largest absolute Gasteiger partial charge is 0.493 e. The number of ether oxygens (including phenoxy) is 2. The average molecular weight is 381 g/mol. The molecule has 0 amide bonds. The summed E-state index contributed by atoms with van der Waals surface area (Å²) in [4.78, 5) is 8.55. The van der Waals surface area contributed by atoms with E-state index in [9.17, 15) is 17.6 Å². The van der Waals surface area contributed by atoms with Crippen LogP contribution in [0.2, 0.25) is 0 Å². The fourth-order valence-electron chi connectivity index (χ4n) is 2.79. The van der Waals surface area contributed by atoms with Crippen LogP contribution in [0.15, 0.2) is 53.5 Å². The summed E-state index contributed by atoms with van der Waals surface area (Å²) in [5, 5.41) is 0.